The van der Waals surface area contributed by atoms with Crippen LogP contribution in [0.25, 0.3) is 10.6 Å². The van der Waals surface area contributed by atoms with E-state index in [0.717, 1.165) is 11.2 Å². The van der Waals surface area contributed by atoms with E-state index in [9.17, 15) is 4.79 Å². The first-order valence-electron chi connectivity index (χ1n) is 5.18. The zero-order valence-electron chi connectivity index (χ0n) is 9.54. The number of hydrogen-bond acceptors (Lipinski definition) is 6. The Kier molecular flexibility index (Phi) is 3.43. The Labute approximate surface area is 103 Å². The summed E-state index contributed by atoms with van der Waals surface area (Å²) >= 11 is 1.48. The van der Waals surface area contributed by atoms with Crippen molar-refractivity contribution in [3.05, 3.63) is 23.5 Å². The Morgan fingerprint density at radius 1 is 1.41 bits per heavy atom. The predicted octanol–water partition coefficient (Wildman–Crippen LogP) is 2.23. The Balaban J connectivity index is 2.42. The van der Waals surface area contributed by atoms with Gasteiger partial charge in [0.05, 0.1) is 16.1 Å². The third-order valence-electron chi connectivity index (χ3n) is 1.97. The second-order valence-electron chi connectivity index (χ2n) is 3.78. The van der Waals surface area contributed by atoms with Gasteiger partial charge in [0.1, 0.15) is 5.69 Å². The van der Waals surface area contributed by atoms with E-state index in [0.29, 0.717) is 17.3 Å². The molecule has 0 saturated heterocycles. The van der Waals surface area contributed by atoms with Crippen LogP contribution in [0.1, 0.15) is 24.3 Å². The number of anilines is 1. The van der Waals surface area contributed by atoms with E-state index in [1.165, 1.54) is 11.3 Å². The number of carbonyl (C=O) groups excluding carboxylic acids is 1. The molecule has 2 aromatic heterocycles. The van der Waals surface area contributed by atoms with Crippen LogP contribution >= 0.6 is 11.3 Å². The summed E-state index contributed by atoms with van der Waals surface area (Å²) in [4.78, 5) is 24.2. The number of nitrogens with one attached hydrogen (secondary N) is 1. The molecule has 88 valence electrons. The normalized spacial score (nSPS) is 10.5. The fourth-order valence-electron chi connectivity index (χ4n) is 1.32. The summed E-state index contributed by atoms with van der Waals surface area (Å²) in [6, 6.07) is 1.87. The van der Waals surface area contributed by atoms with Crippen LogP contribution < -0.4 is 5.32 Å². The Morgan fingerprint density at radius 2 is 2.24 bits per heavy atom. The molecule has 0 unspecified atom stereocenters. The maximum absolute atomic E-state index is 10.8. The number of aldehydes is 1. The first-order chi connectivity index (χ1) is 8.19. The molecule has 0 amide bonds. The molecule has 0 atom stereocenters. The number of hydrogen-bond donors (Lipinski definition) is 1. The number of rotatable bonds is 4. The highest BCUT2D eigenvalue weighted by Crippen LogP contribution is 2.22. The second-order valence-corrected chi connectivity index (χ2v) is 4.67. The van der Waals surface area contributed by atoms with Crippen LogP contribution in [0.15, 0.2) is 17.8 Å². The minimum Gasteiger partial charge on any atom is -0.352 e. The van der Waals surface area contributed by atoms with Crippen LogP contribution in [0.5, 0.6) is 0 Å². The van der Waals surface area contributed by atoms with Crippen molar-refractivity contribution in [2.24, 2.45) is 0 Å². The monoisotopic (exact) mass is 248 g/mol. The van der Waals surface area contributed by atoms with Crippen molar-refractivity contribution in [1.82, 2.24) is 15.0 Å². The first-order valence-corrected chi connectivity index (χ1v) is 6.06. The average Bonchev–Trinajstić information content (AvgIpc) is 2.81. The van der Waals surface area contributed by atoms with Crippen molar-refractivity contribution >= 4 is 23.6 Å². The predicted molar refractivity (Wildman–Crippen MR) is 67.3 cm³/mol. The van der Waals surface area contributed by atoms with Crippen LogP contribution in [-0.2, 0) is 0 Å². The van der Waals surface area contributed by atoms with Gasteiger partial charge in [-0.25, -0.2) is 9.97 Å². The molecule has 1 N–H and O–H groups in total. The molecular weight excluding hydrogens is 236 g/mol. The lowest BCUT2D eigenvalue weighted by Gasteiger charge is -2.09. The molecule has 2 aromatic rings. The molecular formula is C11H12N4OS. The fraction of sp³-hybridized carbons (Fsp3) is 0.273. The van der Waals surface area contributed by atoms with E-state index >= 15 is 0 Å². The Bertz CT molecular complexity index is 510. The van der Waals surface area contributed by atoms with E-state index in [4.69, 9.17) is 0 Å². The minimum absolute atomic E-state index is 0.214. The highest BCUT2D eigenvalue weighted by molar-refractivity contribution is 7.13. The van der Waals surface area contributed by atoms with Gasteiger partial charge in [0.15, 0.2) is 6.29 Å². The minimum atomic E-state index is 0.214. The Hall–Kier alpha value is -1.82. The highest BCUT2D eigenvalue weighted by Gasteiger charge is 2.08. The van der Waals surface area contributed by atoms with Gasteiger partial charge in [0.25, 0.3) is 0 Å². The third kappa shape index (κ3) is 2.85. The van der Waals surface area contributed by atoms with Gasteiger partial charge < -0.3 is 5.32 Å². The van der Waals surface area contributed by atoms with Crippen LogP contribution in [0.2, 0.25) is 0 Å². The molecule has 0 spiro atoms. The molecule has 2 heterocycles. The summed E-state index contributed by atoms with van der Waals surface area (Å²) in [6.07, 6.45) is 2.44. The smallest absolute Gasteiger partial charge is 0.224 e. The summed E-state index contributed by atoms with van der Waals surface area (Å²) in [6.45, 7) is 3.98. The maximum atomic E-state index is 10.8. The standard InChI is InChI=1S/C11H12N4OS/c1-7(2)13-11-14-8(5-16)3-9(15-11)10-4-12-6-17-10/h3-7H,1-2H3,(H,13,14,15). The van der Waals surface area contributed by atoms with Crippen LogP contribution in [-0.4, -0.2) is 27.3 Å². The summed E-state index contributed by atoms with van der Waals surface area (Å²) in [7, 11) is 0. The molecule has 2 rings (SSSR count). The van der Waals surface area contributed by atoms with Gasteiger partial charge in [0, 0.05) is 12.2 Å². The van der Waals surface area contributed by atoms with Crippen molar-refractivity contribution in [3.8, 4) is 10.6 Å². The number of thiazole rings is 1. The molecule has 0 radical (unpaired) electrons. The van der Waals surface area contributed by atoms with Crippen molar-refractivity contribution < 1.29 is 4.79 Å². The first kappa shape index (κ1) is 11.7. The van der Waals surface area contributed by atoms with E-state index in [2.05, 4.69) is 20.3 Å². The molecule has 0 aliphatic heterocycles. The summed E-state index contributed by atoms with van der Waals surface area (Å²) in [5.74, 6) is 0.466. The lowest BCUT2D eigenvalue weighted by molar-refractivity contribution is 0.111. The third-order valence-corrected chi connectivity index (χ3v) is 2.76. The SMILES string of the molecule is CC(C)Nc1nc(C=O)cc(-c2cncs2)n1. The van der Waals surface area contributed by atoms with Gasteiger partial charge in [-0.15, -0.1) is 11.3 Å². The molecule has 5 nitrogen and oxygen atoms in total. The lowest BCUT2D eigenvalue weighted by atomic mass is 10.3. The van der Waals surface area contributed by atoms with Crippen molar-refractivity contribution in [3.63, 3.8) is 0 Å². The summed E-state index contributed by atoms with van der Waals surface area (Å²) in [5.41, 5.74) is 2.81. The zero-order valence-corrected chi connectivity index (χ0v) is 10.4. The van der Waals surface area contributed by atoms with Crippen LogP contribution in [0.3, 0.4) is 0 Å². The molecule has 0 aromatic carbocycles. The summed E-state index contributed by atoms with van der Waals surface area (Å²) in [5, 5.41) is 3.08. The van der Waals surface area contributed by atoms with Crippen molar-refractivity contribution in [1.29, 1.82) is 0 Å². The molecule has 0 saturated carbocycles. The van der Waals surface area contributed by atoms with Gasteiger partial charge in [0.2, 0.25) is 5.95 Å². The molecule has 17 heavy (non-hydrogen) atoms. The zero-order chi connectivity index (χ0) is 12.3. The van der Waals surface area contributed by atoms with Crippen molar-refractivity contribution in [2.45, 2.75) is 19.9 Å². The van der Waals surface area contributed by atoms with Gasteiger partial charge in [-0.05, 0) is 19.9 Å². The lowest BCUT2D eigenvalue weighted by Crippen LogP contribution is -2.13. The highest BCUT2D eigenvalue weighted by atomic mass is 32.1. The number of nitrogens with zero attached hydrogens (tertiary/aromatic N) is 3. The molecule has 0 aliphatic rings. The van der Waals surface area contributed by atoms with E-state index in [1.54, 1.807) is 17.8 Å². The molecule has 0 fully saturated rings. The van der Waals surface area contributed by atoms with Gasteiger partial charge >= 0.3 is 0 Å². The quantitative estimate of drug-likeness (QED) is 0.840. The average molecular weight is 248 g/mol. The van der Waals surface area contributed by atoms with Gasteiger partial charge in [-0.3, -0.25) is 9.78 Å². The van der Waals surface area contributed by atoms with E-state index in [-0.39, 0.29) is 6.04 Å². The van der Waals surface area contributed by atoms with Gasteiger partial charge in [-0.1, -0.05) is 0 Å². The number of carbonyl (C=O) groups is 1. The maximum Gasteiger partial charge on any atom is 0.224 e. The number of aromatic nitrogens is 3. The molecule has 0 bridgehead atoms. The fourth-order valence-corrected chi connectivity index (χ4v) is 1.90. The second kappa shape index (κ2) is 5.01. The van der Waals surface area contributed by atoms with E-state index in [1.807, 2.05) is 13.8 Å². The molecule has 0 aliphatic carbocycles. The van der Waals surface area contributed by atoms with Crippen LogP contribution in [0.4, 0.5) is 5.95 Å². The van der Waals surface area contributed by atoms with Gasteiger partial charge in [-0.2, -0.15) is 0 Å². The topological polar surface area (TPSA) is 67.8 Å². The van der Waals surface area contributed by atoms with E-state index < -0.39 is 0 Å². The van der Waals surface area contributed by atoms with Crippen molar-refractivity contribution in [2.75, 3.05) is 5.32 Å². The molecule has 6 heteroatoms. The summed E-state index contributed by atoms with van der Waals surface area (Å²) < 4.78 is 0. The Morgan fingerprint density at radius 3 is 2.82 bits per heavy atom. The largest absolute Gasteiger partial charge is 0.352 e. The van der Waals surface area contributed by atoms with Crippen LogP contribution in [0, 0.1) is 0 Å².